The smallest absolute Gasteiger partial charge is 0.147 e. The number of nitriles is 1. The lowest BCUT2D eigenvalue weighted by Gasteiger charge is -2.34. The van der Waals surface area contributed by atoms with Crippen molar-refractivity contribution in [1.29, 1.82) is 5.26 Å². The fourth-order valence-electron chi connectivity index (χ4n) is 3.00. The summed E-state index contributed by atoms with van der Waals surface area (Å²) in [5.41, 5.74) is 8.79. The second-order valence-corrected chi connectivity index (χ2v) is 5.46. The maximum absolute atomic E-state index is 9.40. The van der Waals surface area contributed by atoms with Crippen molar-refractivity contribution in [3.63, 3.8) is 0 Å². The summed E-state index contributed by atoms with van der Waals surface area (Å²) in [4.78, 5) is 6.93. The van der Waals surface area contributed by atoms with E-state index in [1.807, 2.05) is 6.07 Å². The average molecular weight is 272 g/mol. The van der Waals surface area contributed by atoms with Crippen molar-refractivity contribution >= 4 is 5.82 Å². The minimum atomic E-state index is 0.0353. The van der Waals surface area contributed by atoms with Crippen LogP contribution in [-0.2, 0) is 17.6 Å². The van der Waals surface area contributed by atoms with Gasteiger partial charge in [0, 0.05) is 25.3 Å². The zero-order valence-electron chi connectivity index (χ0n) is 11.6. The molecule has 5 nitrogen and oxygen atoms in total. The Bertz CT molecular complexity index is 537. The van der Waals surface area contributed by atoms with Gasteiger partial charge in [-0.1, -0.05) is 0 Å². The second-order valence-electron chi connectivity index (χ2n) is 5.46. The zero-order valence-corrected chi connectivity index (χ0v) is 11.6. The molecule has 1 aliphatic carbocycles. The summed E-state index contributed by atoms with van der Waals surface area (Å²) in [6, 6.07) is 4.33. The van der Waals surface area contributed by atoms with Gasteiger partial charge in [0.2, 0.25) is 0 Å². The van der Waals surface area contributed by atoms with Crippen LogP contribution in [0, 0.1) is 11.3 Å². The van der Waals surface area contributed by atoms with Crippen LogP contribution < -0.4 is 10.6 Å². The number of ether oxygens (including phenoxy) is 1. The van der Waals surface area contributed by atoms with E-state index in [1.165, 1.54) is 24.1 Å². The van der Waals surface area contributed by atoms with Gasteiger partial charge in [0.25, 0.3) is 0 Å². The topological polar surface area (TPSA) is 75.2 Å². The Labute approximate surface area is 119 Å². The first kappa shape index (κ1) is 13.3. The summed E-state index contributed by atoms with van der Waals surface area (Å²) in [6.45, 7) is 2.64. The van der Waals surface area contributed by atoms with Gasteiger partial charge in [-0.3, -0.25) is 0 Å². The zero-order chi connectivity index (χ0) is 13.9. The van der Waals surface area contributed by atoms with Gasteiger partial charge in [0.15, 0.2) is 0 Å². The van der Waals surface area contributed by atoms with Crippen LogP contribution in [0.1, 0.15) is 29.7 Å². The lowest BCUT2D eigenvalue weighted by molar-refractivity contribution is 0.0462. The van der Waals surface area contributed by atoms with Gasteiger partial charge >= 0.3 is 0 Å². The number of nitrogens with two attached hydrogens (primary N) is 1. The fraction of sp³-hybridized carbons (Fsp3) is 0.600. The SMILES string of the molecule is N#Cc1cc2c(nc1N1CCOC(CN)C1)CCCC2. The third-order valence-corrected chi connectivity index (χ3v) is 4.10. The van der Waals surface area contributed by atoms with E-state index in [4.69, 9.17) is 15.5 Å². The third-order valence-electron chi connectivity index (χ3n) is 4.10. The first-order valence-corrected chi connectivity index (χ1v) is 7.31. The van der Waals surface area contributed by atoms with Crippen LogP contribution in [0.25, 0.3) is 0 Å². The van der Waals surface area contributed by atoms with E-state index >= 15 is 0 Å². The van der Waals surface area contributed by atoms with E-state index in [1.54, 1.807) is 0 Å². The lowest BCUT2D eigenvalue weighted by Crippen LogP contribution is -2.46. The molecule has 3 rings (SSSR count). The fourth-order valence-corrected chi connectivity index (χ4v) is 3.00. The number of hydrogen-bond acceptors (Lipinski definition) is 5. The van der Waals surface area contributed by atoms with Gasteiger partial charge in [-0.2, -0.15) is 5.26 Å². The highest BCUT2D eigenvalue weighted by Crippen LogP contribution is 2.27. The van der Waals surface area contributed by atoms with Gasteiger partial charge in [0.1, 0.15) is 11.9 Å². The average Bonchev–Trinajstić information content (AvgIpc) is 2.53. The van der Waals surface area contributed by atoms with E-state index in [9.17, 15) is 5.26 Å². The van der Waals surface area contributed by atoms with Crippen molar-refractivity contribution in [2.45, 2.75) is 31.8 Å². The summed E-state index contributed by atoms with van der Waals surface area (Å²) in [7, 11) is 0. The molecule has 2 heterocycles. The van der Waals surface area contributed by atoms with Crippen LogP contribution in [0.5, 0.6) is 0 Å². The molecule has 5 heteroatoms. The van der Waals surface area contributed by atoms with Crippen LogP contribution in [0.3, 0.4) is 0 Å². The molecular formula is C15H20N4O. The number of rotatable bonds is 2. The molecular weight excluding hydrogens is 252 g/mol. The highest BCUT2D eigenvalue weighted by Gasteiger charge is 2.24. The summed E-state index contributed by atoms with van der Waals surface area (Å²) in [6.07, 6.45) is 4.50. The van der Waals surface area contributed by atoms with Crippen molar-refractivity contribution < 1.29 is 4.74 Å². The standard InChI is InChI=1S/C15H20N4O/c16-8-12-7-11-3-1-2-4-14(11)18-15(12)19-5-6-20-13(9-17)10-19/h7,13H,1-6,9-10,17H2. The number of aromatic nitrogens is 1. The summed E-state index contributed by atoms with van der Waals surface area (Å²) in [5, 5.41) is 9.40. The Morgan fingerprint density at radius 1 is 1.45 bits per heavy atom. The Morgan fingerprint density at radius 2 is 2.30 bits per heavy atom. The highest BCUT2D eigenvalue weighted by atomic mass is 16.5. The molecule has 0 amide bonds. The maximum Gasteiger partial charge on any atom is 0.147 e. The lowest BCUT2D eigenvalue weighted by atomic mass is 9.95. The van der Waals surface area contributed by atoms with Crippen molar-refractivity contribution in [1.82, 2.24) is 4.98 Å². The Hall–Kier alpha value is -1.64. The number of morpholine rings is 1. The molecule has 1 aromatic heterocycles. The Morgan fingerprint density at radius 3 is 3.10 bits per heavy atom. The minimum absolute atomic E-state index is 0.0353. The molecule has 1 aromatic rings. The molecule has 1 atom stereocenters. The highest BCUT2D eigenvalue weighted by molar-refractivity contribution is 5.56. The number of fused-ring (bicyclic) bond motifs is 1. The maximum atomic E-state index is 9.40. The molecule has 0 spiro atoms. The van der Waals surface area contributed by atoms with Gasteiger partial charge in [-0.05, 0) is 37.3 Å². The molecule has 0 aromatic carbocycles. The quantitative estimate of drug-likeness (QED) is 0.869. The largest absolute Gasteiger partial charge is 0.373 e. The first-order chi connectivity index (χ1) is 9.81. The molecule has 106 valence electrons. The van der Waals surface area contributed by atoms with E-state index in [2.05, 4.69) is 11.0 Å². The van der Waals surface area contributed by atoms with E-state index in [0.717, 1.165) is 31.7 Å². The van der Waals surface area contributed by atoms with Gasteiger partial charge < -0.3 is 15.4 Å². The van der Waals surface area contributed by atoms with Gasteiger partial charge in [0.05, 0.1) is 18.3 Å². The number of hydrogen-bond donors (Lipinski definition) is 1. The second kappa shape index (κ2) is 5.78. The molecule has 1 unspecified atom stereocenters. The number of anilines is 1. The minimum Gasteiger partial charge on any atom is -0.373 e. The van der Waals surface area contributed by atoms with Crippen LogP contribution in [0.2, 0.25) is 0 Å². The monoisotopic (exact) mass is 272 g/mol. The number of aryl methyl sites for hydroxylation is 2. The summed E-state index contributed by atoms with van der Waals surface area (Å²) >= 11 is 0. The Balaban J connectivity index is 1.93. The van der Waals surface area contributed by atoms with Crippen LogP contribution in [-0.4, -0.2) is 37.3 Å². The Kier molecular flexibility index (Phi) is 3.86. The predicted octanol–water partition coefficient (Wildman–Crippen LogP) is 0.996. The normalized spacial score (nSPS) is 22.2. The van der Waals surface area contributed by atoms with Crippen molar-refractivity contribution in [3.05, 3.63) is 22.9 Å². The number of nitrogens with zero attached hydrogens (tertiary/aromatic N) is 3. The van der Waals surface area contributed by atoms with Crippen molar-refractivity contribution in [2.24, 2.45) is 5.73 Å². The van der Waals surface area contributed by atoms with Crippen LogP contribution in [0.15, 0.2) is 6.07 Å². The molecule has 20 heavy (non-hydrogen) atoms. The predicted molar refractivity (Wildman–Crippen MR) is 76.6 cm³/mol. The van der Waals surface area contributed by atoms with Crippen LogP contribution >= 0.6 is 0 Å². The van der Waals surface area contributed by atoms with Gasteiger partial charge in [-0.25, -0.2) is 4.98 Å². The first-order valence-electron chi connectivity index (χ1n) is 7.31. The molecule has 1 fully saturated rings. The third kappa shape index (κ3) is 2.49. The van der Waals surface area contributed by atoms with Crippen LogP contribution in [0.4, 0.5) is 5.82 Å². The molecule has 0 saturated carbocycles. The van der Waals surface area contributed by atoms with Crippen molar-refractivity contribution in [3.8, 4) is 6.07 Å². The summed E-state index contributed by atoms with van der Waals surface area (Å²) < 4.78 is 5.59. The van der Waals surface area contributed by atoms with Gasteiger partial charge in [-0.15, -0.1) is 0 Å². The summed E-state index contributed by atoms with van der Waals surface area (Å²) in [5.74, 6) is 0.815. The molecule has 1 aliphatic heterocycles. The molecule has 0 bridgehead atoms. The molecule has 2 N–H and O–H groups in total. The molecule has 1 saturated heterocycles. The van der Waals surface area contributed by atoms with E-state index < -0.39 is 0 Å². The molecule has 2 aliphatic rings. The van der Waals surface area contributed by atoms with Crippen molar-refractivity contribution in [2.75, 3.05) is 31.1 Å². The number of pyridine rings is 1. The van der Waals surface area contributed by atoms with E-state index in [-0.39, 0.29) is 6.10 Å². The van der Waals surface area contributed by atoms with E-state index in [0.29, 0.717) is 18.7 Å². The molecule has 0 radical (unpaired) electrons.